The minimum absolute atomic E-state index is 0.0196. The van der Waals surface area contributed by atoms with Crippen LogP contribution in [0.25, 0.3) is 0 Å². The fourth-order valence-electron chi connectivity index (χ4n) is 5.98. The molecule has 0 atom stereocenters. The largest absolute Gasteiger partial charge is 0.355 e. The molecule has 7 rings (SSSR count). The standard InChI is InChI=1S/C46H34Br3N5O3/c47-33-13-19-36(20-14-33)50-39-8-2-1-7-29(39)28-44(55)30-25-31(45(56)53-42-11-5-3-9-40(42)51-37-21-15-34(48)16-22-37)27-32(26-30)46(57)54-43-12-6-4-10-41(43)52-38-23-17-35(49)18-24-38/h1-27,50-52H,28H2,(H,53,56)(H,54,57). The number of ketones is 1. The first-order chi connectivity index (χ1) is 27.7. The van der Waals surface area contributed by atoms with Crippen LogP contribution in [0.5, 0.6) is 0 Å². The Balaban J connectivity index is 1.19. The van der Waals surface area contributed by atoms with Gasteiger partial charge in [0.05, 0.1) is 22.7 Å². The zero-order chi connectivity index (χ0) is 39.7. The molecule has 57 heavy (non-hydrogen) atoms. The first kappa shape index (κ1) is 39.2. The number of hydrogen-bond acceptors (Lipinski definition) is 6. The van der Waals surface area contributed by atoms with Crippen molar-refractivity contribution in [2.45, 2.75) is 6.42 Å². The first-order valence-electron chi connectivity index (χ1n) is 17.8. The first-order valence-corrected chi connectivity index (χ1v) is 20.2. The fraction of sp³-hybridized carbons (Fsp3) is 0.0217. The predicted octanol–water partition coefficient (Wildman–Crippen LogP) is 13.1. The Hall–Kier alpha value is -6.01. The van der Waals surface area contributed by atoms with Crippen LogP contribution in [-0.2, 0) is 6.42 Å². The Bertz CT molecular complexity index is 2270. The van der Waals surface area contributed by atoms with Gasteiger partial charge in [-0.15, -0.1) is 0 Å². The summed E-state index contributed by atoms with van der Waals surface area (Å²) in [5.74, 6) is -1.24. The molecule has 8 nitrogen and oxygen atoms in total. The molecule has 11 heteroatoms. The van der Waals surface area contributed by atoms with Gasteiger partial charge in [-0.1, -0.05) is 90.3 Å². The van der Waals surface area contributed by atoms with Gasteiger partial charge in [-0.3, -0.25) is 14.4 Å². The van der Waals surface area contributed by atoms with Gasteiger partial charge in [0, 0.05) is 59.3 Å². The monoisotopic (exact) mass is 941 g/mol. The molecule has 0 aliphatic rings. The molecule has 7 aromatic rings. The van der Waals surface area contributed by atoms with E-state index in [1.54, 1.807) is 12.1 Å². The highest BCUT2D eigenvalue weighted by Crippen LogP contribution is 2.30. The van der Waals surface area contributed by atoms with Gasteiger partial charge in [0.2, 0.25) is 0 Å². The van der Waals surface area contributed by atoms with Crippen molar-refractivity contribution in [1.82, 2.24) is 0 Å². The molecule has 7 aromatic carbocycles. The third-order valence-corrected chi connectivity index (χ3v) is 10.5. The van der Waals surface area contributed by atoms with E-state index in [1.807, 2.05) is 133 Å². The van der Waals surface area contributed by atoms with Crippen LogP contribution in [0.3, 0.4) is 0 Å². The molecule has 0 aromatic heterocycles. The van der Waals surface area contributed by atoms with E-state index < -0.39 is 11.8 Å². The quantitative estimate of drug-likeness (QED) is 0.0737. The molecule has 0 saturated heterocycles. The number of hydrogen-bond donors (Lipinski definition) is 5. The fourth-order valence-corrected chi connectivity index (χ4v) is 6.77. The summed E-state index contributed by atoms with van der Waals surface area (Å²) in [6, 6.07) is 49.9. The highest BCUT2D eigenvalue weighted by Gasteiger charge is 2.20. The molecule has 0 fully saturated rings. The van der Waals surface area contributed by atoms with Crippen LogP contribution in [0, 0.1) is 0 Å². The van der Waals surface area contributed by atoms with Gasteiger partial charge in [-0.05, 0) is 127 Å². The van der Waals surface area contributed by atoms with Gasteiger partial charge < -0.3 is 26.6 Å². The molecule has 5 N–H and O–H groups in total. The summed E-state index contributed by atoms with van der Waals surface area (Å²) >= 11 is 10.4. The maximum atomic E-state index is 14.2. The SMILES string of the molecule is O=C(Cc1ccccc1Nc1ccc(Br)cc1)c1cc(C(=O)Nc2ccccc2Nc2ccc(Br)cc2)cc(C(=O)Nc2ccccc2Nc2ccc(Br)cc2)c1. The van der Waals surface area contributed by atoms with Crippen molar-refractivity contribution >= 4 is 111 Å². The minimum atomic E-state index is -0.488. The molecular weight excluding hydrogens is 910 g/mol. The Kier molecular flexibility index (Phi) is 12.6. The highest BCUT2D eigenvalue weighted by atomic mass is 79.9. The number of anilines is 8. The summed E-state index contributed by atoms with van der Waals surface area (Å²) in [4.78, 5) is 42.3. The number of nitrogens with one attached hydrogen (secondary N) is 5. The predicted molar refractivity (Wildman–Crippen MR) is 242 cm³/mol. The molecule has 0 unspecified atom stereocenters. The van der Waals surface area contributed by atoms with Gasteiger partial charge >= 0.3 is 0 Å². The van der Waals surface area contributed by atoms with Crippen molar-refractivity contribution in [3.63, 3.8) is 0 Å². The number of rotatable bonds is 13. The van der Waals surface area contributed by atoms with Gasteiger partial charge in [0.1, 0.15) is 0 Å². The molecular formula is C46H34Br3N5O3. The van der Waals surface area contributed by atoms with E-state index >= 15 is 0 Å². The average Bonchev–Trinajstić information content (AvgIpc) is 3.22. The molecule has 2 amide bonds. The maximum Gasteiger partial charge on any atom is 0.255 e. The minimum Gasteiger partial charge on any atom is -0.355 e. The van der Waals surface area contributed by atoms with Gasteiger partial charge in [-0.2, -0.15) is 0 Å². The van der Waals surface area contributed by atoms with Crippen LogP contribution in [-0.4, -0.2) is 17.6 Å². The summed E-state index contributed by atoms with van der Waals surface area (Å²) < 4.78 is 2.84. The highest BCUT2D eigenvalue weighted by molar-refractivity contribution is 9.11. The third-order valence-electron chi connectivity index (χ3n) is 8.87. The lowest BCUT2D eigenvalue weighted by Gasteiger charge is -2.16. The van der Waals surface area contributed by atoms with E-state index in [1.165, 1.54) is 18.2 Å². The Morgan fingerprint density at radius 3 is 1.14 bits per heavy atom. The van der Waals surface area contributed by atoms with Crippen molar-refractivity contribution in [2.24, 2.45) is 0 Å². The van der Waals surface area contributed by atoms with Crippen molar-refractivity contribution < 1.29 is 14.4 Å². The number of carbonyl (C=O) groups is 3. The van der Waals surface area contributed by atoms with Crippen LogP contribution in [0.4, 0.5) is 45.5 Å². The number of para-hydroxylation sites is 5. The van der Waals surface area contributed by atoms with Crippen LogP contribution < -0.4 is 26.6 Å². The van der Waals surface area contributed by atoms with Crippen LogP contribution >= 0.6 is 47.8 Å². The van der Waals surface area contributed by atoms with E-state index in [4.69, 9.17) is 0 Å². The summed E-state index contributed by atoms with van der Waals surface area (Å²) in [6.07, 6.45) is 0.0196. The lowest BCUT2D eigenvalue weighted by atomic mass is 9.97. The lowest BCUT2D eigenvalue weighted by molar-refractivity contribution is 0.0993. The maximum absolute atomic E-state index is 14.2. The van der Waals surface area contributed by atoms with Crippen molar-refractivity contribution in [3.8, 4) is 0 Å². The Labute approximate surface area is 355 Å². The Morgan fingerprint density at radius 2 is 0.719 bits per heavy atom. The zero-order valence-corrected chi connectivity index (χ0v) is 34.9. The van der Waals surface area contributed by atoms with Crippen LogP contribution in [0.15, 0.2) is 177 Å². The van der Waals surface area contributed by atoms with Crippen molar-refractivity contribution in [1.29, 1.82) is 0 Å². The normalized spacial score (nSPS) is 10.6. The number of amides is 2. The van der Waals surface area contributed by atoms with E-state index in [9.17, 15) is 14.4 Å². The number of Topliss-reactive ketones (excluding diaryl/α,β-unsaturated/α-hetero) is 1. The summed E-state index contributed by atoms with van der Waals surface area (Å²) in [5, 5.41) is 16.1. The zero-order valence-electron chi connectivity index (χ0n) is 30.2. The third kappa shape index (κ3) is 10.4. The molecule has 0 aliphatic heterocycles. The van der Waals surface area contributed by atoms with Crippen LogP contribution in [0.2, 0.25) is 0 Å². The topological polar surface area (TPSA) is 111 Å². The van der Waals surface area contributed by atoms with Crippen molar-refractivity contribution in [3.05, 3.63) is 199 Å². The molecule has 0 bridgehead atoms. The van der Waals surface area contributed by atoms with Gasteiger partial charge in [-0.25, -0.2) is 0 Å². The van der Waals surface area contributed by atoms with E-state index in [0.717, 1.165) is 41.7 Å². The second-order valence-corrected chi connectivity index (χ2v) is 15.7. The smallest absolute Gasteiger partial charge is 0.255 e. The molecule has 282 valence electrons. The van der Waals surface area contributed by atoms with Crippen LogP contribution in [0.1, 0.15) is 36.6 Å². The molecule has 0 saturated carbocycles. The number of benzene rings is 7. The number of carbonyl (C=O) groups excluding carboxylic acids is 3. The average molecular weight is 945 g/mol. The van der Waals surface area contributed by atoms with Gasteiger partial charge in [0.15, 0.2) is 5.78 Å². The number of halogens is 3. The summed E-state index contributed by atoms with van der Waals surface area (Å²) in [5.41, 5.74) is 6.94. The molecule has 0 aliphatic carbocycles. The Morgan fingerprint density at radius 1 is 0.386 bits per heavy atom. The second kappa shape index (κ2) is 18.3. The summed E-state index contributed by atoms with van der Waals surface area (Å²) in [6.45, 7) is 0. The van der Waals surface area contributed by atoms with E-state index in [-0.39, 0.29) is 28.9 Å². The van der Waals surface area contributed by atoms with E-state index in [2.05, 4.69) is 74.4 Å². The molecule has 0 spiro atoms. The van der Waals surface area contributed by atoms with Crippen molar-refractivity contribution in [2.75, 3.05) is 26.6 Å². The lowest BCUT2D eigenvalue weighted by Crippen LogP contribution is -2.18. The molecule has 0 heterocycles. The van der Waals surface area contributed by atoms with E-state index in [0.29, 0.717) is 22.7 Å². The molecule has 0 radical (unpaired) electrons. The van der Waals surface area contributed by atoms with Gasteiger partial charge in [0.25, 0.3) is 11.8 Å². The second-order valence-electron chi connectivity index (χ2n) is 13.0. The summed E-state index contributed by atoms with van der Waals surface area (Å²) in [7, 11) is 0.